The van der Waals surface area contributed by atoms with Crippen molar-refractivity contribution in [3.63, 3.8) is 0 Å². The number of carbonyl (C=O) groups excluding carboxylic acids is 1. The van der Waals surface area contributed by atoms with Crippen LogP contribution in [0.15, 0.2) is 53.1 Å². The molecular weight excluding hydrogens is 330 g/mol. The van der Waals surface area contributed by atoms with Crippen molar-refractivity contribution in [3.05, 3.63) is 59.4 Å². The molecule has 2 aromatic carbocycles. The Hall–Kier alpha value is -2.86. The van der Waals surface area contributed by atoms with E-state index in [4.69, 9.17) is 20.9 Å². The molecule has 1 heterocycles. The average molecular weight is 344 g/mol. The van der Waals surface area contributed by atoms with Crippen molar-refractivity contribution in [2.75, 3.05) is 5.32 Å². The van der Waals surface area contributed by atoms with Gasteiger partial charge >= 0.3 is 0 Å². The largest absolute Gasteiger partial charge is 0.484 e. The quantitative estimate of drug-likeness (QED) is 0.759. The summed E-state index contributed by atoms with van der Waals surface area (Å²) in [5.74, 6) is 1.32. The molecule has 3 aromatic rings. The van der Waals surface area contributed by atoms with Gasteiger partial charge in [0.05, 0.1) is 0 Å². The Morgan fingerprint density at radius 3 is 2.75 bits per heavy atom. The highest BCUT2D eigenvalue weighted by atomic mass is 35.5. The van der Waals surface area contributed by atoms with Crippen LogP contribution in [0.3, 0.4) is 0 Å². The van der Waals surface area contributed by atoms with Gasteiger partial charge in [0.15, 0.2) is 6.61 Å². The van der Waals surface area contributed by atoms with Crippen LogP contribution in [0.2, 0.25) is 5.02 Å². The number of carbonyl (C=O) groups is 1. The zero-order valence-corrected chi connectivity index (χ0v) is 13.6. The molecule has 1 N–H and O–H groups in total. The van der Waals surface area contributed by atoms with Crippen LogP contribution in [0.4, 0.5) is 5.69 Å². The van der Waals surface area contributed by atoms with Gasteiger partial charge in [0.2, 0.25) is 11.7 Å². The number of amides is 1. The van der Waals surface area contributed by atoms with Crippen LogP contribution in [0, 0.1) is 0 Å². The van der Waals surface area contributed by atoms with E-state index >= 15 is 0 Å². The molecule has 0 spiro atoms. The van der Waals surface area contributed by atoms with E-state index in [-0.39, 0.29) is 12.5 Å². The Morgan fingerprint density at radius 2 is 2.04 bits per heavy atom. The van der Waals surface area contributed by atoms with E-state index in [1.54, 1.807) is 36.4 Å². The third-order valence-electron chi connectivity index (χ3n) is 3.09. The van der Waals surface area contributed by atoms with Crippen molar-refractivity contribution in [2.45, 2.75) is 13.5 Å². The third kappa shape index (κ3) is 4.11. The predicted octanol–water partition coefficient (Wildman–Crippen LogP) is 3.93. The number of hydrogen-bond donors (Lipinski definition) is 1. The van der Waals surface area contributed by atoms with Crippen LogP contribution in [-0.2, 0) is 11.4 Å². The number of halogens is 1. The first-order valence-corrected chi connectivity index (χ1v) is 7.57. The summed E-state index contributed by atoms with van der Waals surface area (Å²) in [6.45, 7) is 1.60. The Kier molecular flexibility index (Phi) is 4.77. The molecule has 0 bridgehead atoms. The molecule has 7 heteroatoms. The molecule has 0 fully saturated rings. The maximum atomic E-state index is 11.0. The molecule has 122 valence electrons. The summed E-state index contributed by atoms with van der Waals surface area (Å²) in [6, 6.07) is 14.2. The van der Waals surface area contributed by atoms with E-state index in [1.807, 2.05) is 12.1 Å². The van der Waals surface area contributed by atoms with Gasteiger partial charge in [0, 0.05) is 23.2 Å². The van der Waals surface area contributed by atoms with Crippen molar-refractivity contribution in [3.8, 4) is 17.1 Å². The predicted molar refractivity (Wildman–Crippen MR) is 89.8 cm³/mol. The van der Waals surface area contributed by atoms with Crippen LogP contribution < -0.4 is 10.1 Å². The van der Waals surface area contributed by atoms with Crippen molar-refractivity contribution < 1.29 is 14.1 Å². The summed E-state index contributed by atoms with van der Waals surface area (Å²) in [5, 5.41) is 7.21. The van der Waals surface area contributed by atoms with Crippen molar-refractivity contribution >= 4 is 23.2 Å². The summed E-state index contributed by atoms with van der Waals surface area (Å²) in [6.07, 6.45) is 0. The molecule has 0 aliphatic rings. The smallest absolute Gasteiger partial charge is 0.264 e. The van der Waals surface area contributed by atoms with E-state index in [0.29, 0.717) is 28.2 Å². The minimum atomic E-state index is -0.122. The average Bonchev–Trinajstić information content (AvgIpc) is 3.03. The molecule has 0 atom stereocenters. The fourth-order valence-corrected chi connectivity index (χ4v) is 2.23. The number of benzene rings is 2. The topological polar surface area (TPSA) is 77.2 Å². The van der Waals surface area contributed by atoms with E-state index in [9.17, 15) is 4.79 Å². The lowest BCUT2D eigenvalue weighted by molar-refractivity contribution is -0.114. The molecule has 0 saturated carbocycles. The second-order valence-corrected chi connectivity index (χ2v) is 5.45. The van der Waals surface area contributed by atoms with Gasteiger partial charge in [-0.25, -0.2) is 0 Å². The first-order valence-electron chi connectivity index (χ1n) is 7.19. The van der Waals surface area contributed by atoms with Gasteiger partial charge in [-0.05, 0) is 36.4 Å². The highest BCUT2D eigenvalue weighted by Crippen LogP contribution is 2.21. The lowest BCUT2D eigenvalue weighted by Gasteiger charge is -2.05. The molecule has 1 aromatic heterocycles. The Balaban J connectivity index is 1.62. The van der Waals surface area contributed by atoms with Crippen LogP contribution in [0.1, 0.15) is 12.8 Å². The van der Waals surface area contributed by atoms with Crippen molar-refractivity contribution in [1.29, 1.82) is 0 Å². The maximum Gasteiger partial charge on any atom is 0.264 e. The second-order valence-electron chi connectivity index (χ2n) is 5.02. The SMILES string of the molecule is CC(=O)Nc1ccc(OCc2nc(-c3cccc(Cl)c3)no2)cc1. The number of nitrogens with one attached hydrogen (secondary N) is 1. The van der Waals surface area contributed by atoms with Crippen LogP contribution in [0.5, 0.6) is 5.75 Å². The standard InChI is InChI=1S/C17H14ClN3O3/c1-11(22)19-14-5-7-15(8-6-14)23-10-16-20-17(21-24-16)12-3-2-4-13(18)9-12/h2-9H,10H2,1H3,(H,19,22). The maximum absolute atomic E-state index is 11.0. The third-order valence-corrected chi connectivity index (χ3v) is 3.32. The monoisotopic (exact) mass is 343 g/mol. The van der Waals surface area contributed by atoms with Crippen LogP contribution >= 0.6 is 11.6 Å². The fourth-order valence-electron chi connectivity index (χ4n) is 2.04. The summed E-state index contributed by atoms with van der Waals surface area (Å²) in [5.41, 5.74) is 1.48. The van der Waals surface area contributed by atoms with E-state index in [2.05, 4.69) is 15.5 Å². The van der Waals surface area contributed by atoms with Gasteiger partial charge in [-0.1, -0.05) is 28.9 Å². The number of aromatic nitrogens is 2. The molecule has 6 nitrogen and oxygen atoms in total. The number of anilines is 1. The molecule has 0 aliphatic heterocycles. The second kappa shape index (κ2) is 7.14. The molecule has 0 aliphatic carbocycles. The molecule has 24 heavy (non-hydrogen) atoms. The molecule has 1 amide bonds. The van der Waals surface area contributed by atoms with Gasteiger partial charge in [0.25, 0.3) is 5.89 Å². The normalized spacial score (nSPS) is 10.4. The number of ether oxygens (including phenoxy) is 1. The van der Waals surface area contributed by atoms with Crippen molar-refractivity contribution in [1.82, 2.24) is 10.1 Å². The van der Waals surface area contributed by atoms with E-state index < -0.39 is 0 Å². The molecule has 0 radical (unpaired) electrons. The van der Waals surface area contributed by atoms with Crippen LogP contribution in [-0.4, -0.2) is 16.0 Å². The lowest BCUT2D eigenvalue weighted by atomic mass is 10.2. The van der Waals surface area contributed by atoms with Gasteiger partial charge in [-0.3, -0.25) is 4.79 Å². The molecular formula is C17H14ClN3O3. The molecule has 3 rings (SSSR count). The van der Waals surface area contributed by atoms with Crippen molar-refractivity contribution in [2.24, 2.45) is 0 Å². The zero-order valence-electron chi connectivity index (χ0n) is 12.8. The molecule has 0 unspecified atom stereocenters. The summed E-state index contributed by atoms with van der Waals surface area (Å²) < 4.78 is 10.8. The van der Waals surface area contributed by atoms with Crippen LogP contribution in [0.25, 0.3) is 11.4 Å². The summed E-state index contributed by atoms with van der Waals surface area (Å²) >= 11 is 5.95. The number of hydrogen-bond acceptors (Lipinski definition) is 5. The van der Waals surface area contributed by atoms with Gasteiger partial charge < -0.3 is 14.6 Å². The van der Waals surface area contributed by atoms with Gasteiger partial charge in [-0.2, -0.15) is 4.98 Å². The summed E-state index contributed by atoms with van der Waals surface area (Å²) in [7, 11) is 0. The Labute approximate surface area is 143 Å². The first kappa shape index (κ1) is 16.0. The van der Waals surface area contributed by atoms with Gasteiger partial charge in [0.1, 0.15) is 5.75 Å². The van der Waals surface area contributed by atoms with Gasteiger partial charge in [-0.15, -0.1) is 0 Å². The number of rotatable bonds is 5. The minimum absolute atomic E-state index is 0.122. The summed E-state index contributed by atoms with van der Waals surface area (Å²) in [4.78, 5) is 15.2. The number of nitrogens with zero attached hydrogens (tertiary/aromatic N) is 2. The minimum Gasteiger partial charge on any atom is -0.484 e. The highest BCUT2D eigenvalue weighted by molar-refractivity contribution is 6.30. The van der Waals surface area contributed by atoms with E-state index in [1.165, 1.54) is 6.92 Å². The molecule has 0 saturated heterocycles. The Morgan fingerprint density at radius 1 is 1.25 bits per heavy atom. The first-order chi connectivity index (χ1) is 11.6. The fraction of sp³-hybridized carbons (Fsp3) is 0.118. The Bertz CT molecular complexity index is 846. The lowest BCUT2D eigenvalue weighted by Crippen LogP contribution is -2.05. The highest BCUT2D eigenvalue weighted by Gasteiger charge is 2.09. The van der Waals surface area contributed by atoms with E-state index in [0.717, 1.165) is 5.56 Å². The zero-order chi connectivity index (χ0) is 16.9.